The van der Waals surface area contributed by atoms with Gasteiger partial charge >= 0.3 is 5.97 Å². The average molecular weight is 281 g/mol. The first-order valence-corrected chi connectivity index (χ1v) is 8.05. The molecule has 2 bridgehead atoms. The third-order valence-corrected chi connectivity index (χ3v) is 5.69. The molecule has 4 unspecified atom stereocenters. The van der Waals surface area contributed by atoms with Crippen molar-refractivity contribution in [3.8, 4) is 0 Å². The van der Waals surface area contributed by atoms with Crippen LogP contribution in [0.25, 0.3) is 0 Å². The standard InChI is InChI=1S/C15H27N3O2/c1-3-6-18-9-11-10-4-7-17(8-5-10)13(11)14(18)12(16-2)15(19)20/h10-14,16H,3-9H2,1-2H3,(H,19,20). The molecule has 4 rings (SSSR count). The van der Waals surface area contributed by atoms with E-state index in [9.17, 15) is 9.90 Å². The highest BCUT2D eigenvalue weighted by Gasteiger charge is 2.55. The van der Waals surface area contributed by atoms with Crippen molar-refractivity contribution in [1.29, 1.82) is 0 Å². The van der Waals surface area contributed by atoms with E-state index >= 15 is 0 Å². The van der Waals surface area contributed by atoms with Gasteiger partial charge in [-0.15, -0.1) is 0 Å². The van der Waals surface area contributed by atoms with Crippen molar-refractivity contribution in [1.82, 2.24) is 15.1 Å². The number of nitrogens with one attached hydrogen (secondary N) is 1. The van der Waals surface area contributed by atoms with E-state index in [1.165, 1.54) is 25.9 Å². The number of carbonyl (C=O) groups is 1. The van der Waals surface area contributed by atoms with Crippen molar-refractivity contribution < 1.29 is 9.90 Å². The predicted molar refractivity (Wildman–Crippen MR) is 77.7 cm³/mol. The number of carboxylic acids is 1. The van der Waals surface area contributed by atoms with E-state index in [1.807, 2.05) is 0 Å². The zero-order valence-corrected chi connectivity index (χ0v) is 12.6. The zero-order chi connectivity index (χ0) is 14.3. The number of piperidine rings is 3. The minimum atomic E-state index is -0.707. The van der Waals surface area contributed by atoms with Crippen LogP contribution in [0, 0.1) is 11.8 Å². The summed E-state index contributed by atoms with van der Waals surface area (Å²) in [5.74, 6) is 0.798. The lowest BCUT2D eigenvalue weighted by molar-refractivity contribution is -0.142. The molecule has 4 heterocycles. The van der Waals surface area contributed by atoms with Crippen LogP contribution in [0.2, 0.25) is 0 Å². The lowest BCUT2D eigenvalue weighted by atomic mass is 9.73. The third-order valence-electron chi connectivity index (χ3n) is 5.69. The fraction of sp³-hybridized carbons (Fsp3) is 0.933. The number of hydrogen-bond acceptors (Lipinski definition) is 4. The molecule has 5 nitrogen and oxygen atoms in total. The van der Waals surface area contributed by atoms with Gasteiger partial charge in [0.05, 0.1) is 6.04 Å². The minimum absolute atomic E-state index is 0.130. The molecule has 0 radical (unpaired) electrons. The molecule has 4 fully saturated rings. The number of hydrogen-bond donors (Lipinski definition) is 2. The summed E-state index contributed by atoms with van der Waals surface area (Å²) in [6.45, 7) is 6.62. The smallest absolute Gasteiger partial charge is 0.322 e. The molecule has 2 N–H and O–H groups in total. The predicted octanol–water partition coefficient (Wildman–Crippen LogP) is 0.464. The second-order valence-corrected chi connectivity index (χ2v) is 6.62. The summed E-state index contributed by atoms with van der Waals surface area (Å²) in [7, 11) is 1.78. The third kappa shape index (κ3) is 2.16. The van der Waals surface area contributed by atoms with Crippen molar-refractivity contribution in [3.05, 3.63) is 0 Å². The Labute approximate surface area is 121 Å². The van der Waals surface area contributed by atoms with Crippen molar-refractivity contribution in [2.75, 3.05) is 33.2 Å². The van der Waals surface area contributed by atoms with Gasteiger partial charge in [0.15, 0.2) is 0 Å². The number of likely N-dealkylation sites (tertiary alicyclic amines) is 1. The van der Waals surface area contributed by atoms with E-state index in [0.717, 1.165) is 25.4 Å². The summed E-state index contributed by atoms with van der Waals surface area (Å²) < 4.78 is 0. The van der Waals surface area contributed by atoms with Crippen molar-refractivity contribution >= 4 is 5.97 Å². The van der Waals surface area contributed by atoms with Crippen molar-refractivity contribution in [2.45, 2.75) is 44.3 Å². The summed E-state index contributed by atoms with van der Waals surface area (Å²) in [6.07, 6.45) is 3.72. The Morgan fingerprint density at radius 2 is 2.10 bits per heavy atom. The molecule has 0 aliphatic carbocycles. The molecule has 0 saturated carbocycles. The fourth-order valence-corrected chi connectivity index (χ4v) is 4.91. The molecule has 4 saturated heterocycles. The normalized spacial score (nSPS) is 41.6. The van der Waals surface area contributed by atoms with Crippen molar-refractivity contribution in [2.24, 2.45) is 11.8 Å². The molecule has 0 spiro atoms. The maximum Gasteiger partial charge on any atom is 0.322 e. The van der Waals surface area contributed by atoms with Crippen LogP contribution in [-0.4, -0.2) is 72.2 Å². The van der Waals surface area contributed by atoms with Crippen LogP contribution >= 0.6 is 0 Å². The summed E-state index contributed by atoms with van der Waals surface area (Å²) in [4.78, 5) is 16.7. The second-order valence-electron chi connectivity index (χ2n) is 6.62. The van der Waals surface area contributed by atoms with Crippen LogP contribution in [0.4, 0.5) is 0 Å². The van der Waals surface area contributed by atoms with Gasteiger partial charge in [0, 0.05) is 12.6 Å². The van der Waals surface area contributed by atoms with Gasteiger partial charge in [0.1, 0.15) is 6.04 Å². The topological polar surface area (TPSA) is 55.8 Å². The van der Waals surface area contributed by atoms with Gasteiger partial charge < -0.3 is 10.4 Å². The van der Waals surface area contributed by atoms with Gasteiger partial charge in [-0.05, 0) is 57.8 Å². The zero-order valence-electron chi connectivity index (χ0n) is 12.6. The van der Waals surface area contributed by atoms with Gasteiger partial charge in [-0.2, -0.15) is 0 Å². The molecule has 0 aromatic carbocycles. The number of likely N-dealkylation sites (N-methyl/N-ethyl adjacent to an activating group) is 1. The maximum absolute atomic E-state index is 11.6. The van der Waals surface area contributed by atoms with E-state index in [1.54, 1.807) is 7.05 Å². The van der Waals surface area contributed by atoms with Crippen LogP contribution in [0.3, 0.4) is 0 Å². The SMILES string of the molecule is CCCN1CC2C3CCN(CC3)C2C1C(NC)C(=O)O. The maximum atomic E-state index is 11.6. The van der Waals surface area contributed by atoms with Crippen molar-refractivity contribution in [3.63, 3.8) is 0 Å². The van der Waals surface area contributed by atoms with Gasteiger partial charge in [-0.3, -0.25) is 14.6 Å². The minimum Gasteiger partial charge on any atom is -0.480 e. The monoisotopic (exact) mass is 281 g/mol. The number of nitrogens with zero attached hydrogens (tertiary/aromatic N) is 2. The van der Waals surface area contributed by atoms with E-state index in [4.69, 9.17) is 0 Å². The Balaban J connectivity index is 1.88. The highest BCUT2D eigenvalue weighted by atomic mass is 16.4. The first-order chi connectivity index (χ1) is 9.67. The van der Waals surface area contributed by atoms with E-state index < -0.39 is 12.0 Å². The molecule has 20 heavy (non-hydrogen) atoms. The molecule has 4 atom stereocenters. The highest BCUT2D eigenvalue weighted by molar-refractivity contribution is 5.74. The summed E-state index contributed by atoms with van der Waals surface area (Å²) in [5, 5.41) is 12.6. The van der Waals surface area contributed by atoms with Gasteiger partial charge in [0.2, 0.25) is 0 Å². The molecule has 114 valence electrons. The Kier molecular flexibility index (Phi) is 4.02. The van der Waals surface area contributed by atoms with Crippen LogP contribution in [-0.2, 0) is 4.79 Å². The van der Waals surface area contributed by atoms with Crippen LogP contribution in [0.1, 0.15) is 26.2 Å². The molecule has 0 amide bonds. The quantitative estimate of drug-likeness (QED) is 0.767. The van der Waals surface area contributed by atoms with Crippen LogP contribution in [0.5, 0.6) is 0 Å². The Hall–Kier alpha value is -0.650. The molecule has 0 aromatic rings. The second kappa shape index (κ2) is 5.62. The first kappa shape index (κ1) is 14.3. The number of carboxylic acid groups (broad SMARTS) is 1. The van der Waals surface area contributed by atoms with Gasteiger partial charge in [-0.1, -0.05) is 6.92 Å². The summed E-state index contributed by atoms with van der Waals surface area (Å²) in [6, 6.07) is 0.129. The Morgan fingerprint density at radius 1 is 1.40 bits per heavy atom. The van der Waals surface area contributed by atoms with Crippen LogP contribution < -0.4 is 5.32 Å². The van der Waals surface area contributed by atoms with E-state index in [0.29, 0.717) is 12.0 Å². The molecule has 0 aromatic heterocycles. The Bertz CT molecular complexity index is 368. The van der Waals surface area contributed by atoms with E-state index in [-0.39, 0.29) is 6.04 Å². The highest BCUT2D eigenvalue weighted by Crippen LogP contribution is 2.44. The van der Waals surface area contributed by atoms with Gasteiger partial charge in [0.25, 0.3) is 0 Å². The van der Waals surface area contributed by atoms with Gasteiger partial charge in [-0.25, -0.2) is 0 Å². The first-order valence-electron chi connectivity index (χ1n) is 8.05. The number of rotatable bonds is 5. The Morgan fingerprint density at radius 3 is 2.65 bits per heavy atom. The summed E-state index contributed by atoms with van der Waals surface area (Å²) in [5.41, 5.74) is 0. The van der Waals surface area contributed by atoms with E-state index in [2.05, 4.69) is 22.0 Å². The largest absolute Gasteiger partial charge is 0.480 e. The summed E-state index contributed by atoms with van der Waals surface area (Å²) >= 11 is 0. The number of aliphatic carboxylic acids is 1. The molecule has 5 heteroatoms. The molecule has 4 aliphatic heterocycles. The average Bonchev–Trinajstić information content (AvgIpc) is 2.82. The number of fused-ring (bicyclic) bond motifs is 2. The van der Waals surface area contributed by atoms with Crippen LogP contribution in [0.15, 0.2) is 0 Å². The molecule has 4 aliphatic rings. The molecular weight excluding hydrogens is 254 g/mol. The fourth-order valence-electron chi connectivity index (χ4n) is 4.91. The lowest BCUT2D eigenvalue weighted by Gasteiger charge is -2.50. The molecular formula is C15H27N3O2. The lowest BCUT2D eigenvalue weighted by Crippen LogP contribution is -2.63.